The highest BCUT2D eigenvalue weighted by molar-refractivity contribution is 6.02. The van der Waals surface area contributed by atoms with Gasteiger partial charge in [0, 0.05) is 11.7 Å². The van der Waals surface area contributed by atoms with Crippen LogP contribution >= 0.6 is 0 Å². The summed E-state index contributed by atoms with van der Waals surface area (Å²) < 4.78 is 15.9. The highest BCUT2D eigenvalue weighted by Gasteiger charge is 2.35. The number of fused-ring (bicyclic) bond motifs is 1. The van der Waals surface area contributed by atoms with Crippen LogP contribution in [0.2, 0.25) is 0 Å². The van der Waals surface area contributed by atoms with Crippen LogP contribution in [0, 0.1) is 0 Å². The zero-order valence-electron chi connectivity index (χ0n) is 15.9. The molecule has 1 heterocycles. The molecule has 0 unspecified atom stereocenters. The van der Waals surface area contributed by atoms with Gasteiger partial charge in [-0.3, -0.25) is 4.79 Å². The third-order valence-electron chi connectivity index (χ3n) is 4.71. The minimum Gasteiger partial charge on any atom is -0.496 e. The van der Waals surface area contributed by atoms with Gasteiger partial charge in [0.05, 0.1) is 14.2 Å². The maximum absolute atomic E-state index is 13.0. The van der Waals surface area contributed by atoms with Crippen LogP contribution in [0.25, 0.3) is 0 Å². The first kappa shape index (κ1) is 18.8. The van der Waals surface area contributed by atoms with Crippen molar-refractivity contribution in [3.63, 3.8) is 0 Å². The van der Waals surface area contributed by atoms with Crippen molar-refractivity contribution >= 4 is 17.6 Å². The van der Waals surface area contributed by atoms with Gasteiger partial charge in [0.25, 0.3) is 5.91 Å². The normalized spacial score (nSPS) is 16.4. The molecule has 0 fully saturated rings. The summed E-state index contributed by atoms with van der Waals surface area (Å²) >= 11 is 0. The van der Waals surface area contributed by atoms with Crippen molar-refractivity contribution in [2.75, 3.05) is 19.1 Å². The molecule has 3 rings (SSSR count). The second kappa shape index (κ2) is 7.70. The molecule has 0 aromatic heterocycles. The number of hydrogen-bond acceptors (Lipinski definition) is 5. The van der Waals surface area contributed by atoms with Gasteiger partial charge in [-0.25, -0.2) is 4.79 Å². The molecule has 27 heavy (non-hydrogen) atoms. The van der Waals surface area contributed by atoms with Crippen LogP contribution in [0.4, 0.5) is 5.69 Å². The number of esters is 1. The monoisotopic (exact) mass is 369 g/mol. The molecule has 0 saturated heterocycles. The van der Waals surface area contributed by atoms with Gasteiger partial charge in [0.15, 0.2) is 6.10 Å². The minimum absolute atomic E-state index is 0.0110. The largest absolute Gasteiger partial charge is 0.496 e. The molecule has 2 atom stereocenters. The highest BCUT2D eigenvalue weighted by Crippen LogP contribution is 2.33. The molecule has 142 valence electrons. The van der Waals surface area contributed by atoms with Crippen molar-refractivity contribution in [3.05, 3.63) is 53.6 Å². The van der Waals surface area contributed by atoms with E-state index in [1.165, 1.54) is 14.2 Å². The third kappa shape index (κ3) is 3.47. The van der Waals surface area contributed by atoms with Crippen LogP contribution in [0.3, 0.4) is 0 Å². The molecular formula is C21H23NO5. The van der Waals surface area contributed by atoms with Crippen molar-refractivity contribution in [3.8, 4) is 11.5 Å². The van der Waals surface area contributed by atoms with Gasteiger partial charge in [-0.15, -0.1) is 0 Å². The van der Waals surface area contributed by atoms with Gasteiger partial charge in [-0.05, 0) is 44.0 Å². The fourth-order valence-electron chi connectivity index (χ4n) is 3.42. The Morgan fingerprint density at radius 3 is 2.30 bits per heavy atom. The number of hydrogen-bond donors (Lipinski definition) is 0. The standard InChI is InChI=1S/C21H23NO5/c1-13-12-15-8-5-6-9-16(15)22(13)20(23)14(2)27-21(24)19-17(25-3)10-7-11-18(19)26-4/h5-11,13-14H,12H2,1-4H3/t13-,14-/m0/s1. The van der Waals surface area contributed by atoms with E-state index in [2.05, 4.69) is 0 Å². The summed E-state index contributed by atoms with van der Waals surface area (Å²) in [6, 6.07) is 12.8. The van der Waals surface area contributed by atoms with E-state index in [9.17, 15) is 9.59 Å². The molecule has 2 aromatic carbocycles. The van der Waals surface area contributed by atoms with Crippen LogP contribution in [0.1, 0.15) is 29.8 Å². The van der Waals surface area contributed by atoms with Crippen LogP contribution < -0.4 is 14.4 Å². The molecule has 1 amide bonds. The highest BCUT2D eigenvalue weighted by atomic mass is 16.6. The molecule has 0 spiro atoms. The molecular weight excluding hydrogens is 346 g/mol. The van der Waals surface area contributed by atoms with Gasteiger partial charge < -0.3 is 19.1 Å². The van der Waals surface area contributed by atoms with Gasteiger partial charge in [0.1, 0.15) is 17.1 Å². The summed E-state index contributed by atoms with van der Waals surface area (Å²) in [5.41, 5.74) is 2.15. The number of methoxy groups -OCH3 is 2. The SMILES string of the molecule is COc1cccc(OC)c1C(=O)O[C@@H](C)C(=O)N1c2ccccc2C[C@@H]1C. The number of carbonyl (C=O) groups excluding carboxylic acids is 2. The van der Waals surface area contributed by atoms with Crippen LogP contribution in [-0.4, -0.2) is 38.2 Å². The Morgan fingerprint density at radius 2 is 1.67 bits per heavy atom. The average Bonchev–Trinajstić information content (AvgIpc) is 3.01. The van der Waals surface area contributed by atoms with Crippen molar-refractivity contribution in [1.29, 1.82) is 0 Å². The lowest BCUT2D eigenvalue weighted by Gasteiger charge is -2.26. The molecule has 1 aliphatic heterocycles. The van der Waals surface area contributed by atoms with Crippen LogP contribution in [-0.2, 0) is 16.0 Å². The second-order valence-corrected chi connectivity index (χ2v) is 6.48. The molecule has 1 aliphatic rings. The molecule has 0 saturated carbocycles. The summed E-state index contributed by atoms with van der Waals surface area (Å²) in [6.45, 7) is 3.56. The molecule has 0 N–H and O–H groups in total. The Balaban J connectivity index is 1.81. The van der Waals surface area contributed by atoms with E-state index in [1.54, 1.807) is 30.0 Å². The quantitative estimate of drug-likeness (QED) is 0.757. The van der Waals surface area contributed by atoms with Crippen molar-refractivity contribution in [2.45, 2.75) is 32.4 Å². The molecule has 0 radical (unpaired) electrons. The number of ether oxygens (including phenoxy) is 3. The maximum Gasteiger partial charge on any atom is 0.346 e. The third-order valence-corrected chi connectivity index (χ3v) is 4.71. The van der Waals surface area contributed by atoms with E-state index in [0.29, 0.717) is 11.5 Å². The Hall–Kier alpha value is -3.02. The zero-order valence-corrected chi connectivity index (χ0v) is 15.9. The zero-order chi connectivity index (χ0) is 19.6. The van der Waals surface area contributed by atoms with E-state index in [-0.39, 0.29) is 17.5 Å². The van der Waals surface area contributed by atoms with Crippen molar-refractivity contribution in [2.24, 2.45) is 0 Å². The molecule has 0 bridgehead atoms. The molecule has 6 heteroatoms. The number of nitrogens with zero attached hydrogens (tertiary/aromatic N) is 1. The number of amides is 1. The van der Waals surface area contributed by atoms with Gasteiger partial charge in [-0.2, -0.15) is 0 Å². The Morgan fingerprint density at radius 1 is 1.04 bits per heavy atom. The Bertz CT molecular complexity index is 841. The van der Waals surface area contributed by atoms with Gasteiger partial charge >= 0.3 is 5.97 Å². The summed E-state index contributed by atoms with van der Waals surface area (Å²) in [5, 5.41) is 0. The first-order valence-corrected chi connectivity index (χ1v) is 8.80. The van der Waals surface area contributed by atoms with E-state index < -0.39 is 12.1 Å². The van der Waals surface area contributed by atoms with Crippen LogP contribution in [0.15, 0.2) is 42.5 Å². The number of para-hydroxylation sites is 1. The summed E-state index contributed by atoms with van der Waals surface area (Å²) in [5.74, 6) is -0.252. The minimum atomic E-state index is -0.944. The van der Waals surface area contributed by atoms with Crippen LogP contribution in [0.5, 0.6) is 11.5 Å². The van der Waals surface area contributed by atoms with E-state index in [1.807, 2.05) is 31.2 Å². The first-order valence-electron chi connectivity index (χ1n) is 8.80. The lowest BCUT2D eigenvalue weighted by Crippen LogP contribution is -2.43. The van der Waals surface area contributed by atoms with Crippen molar-refractivity contribution in [1.82, 2.24) is 0 Å². The maximum atomic E-state index is 13.0. The number of carbonyl (C=O) groups is 2. The van der Waals surface area contributed by atoms with Gasteiger partial charge in [-0.1, -0.05) is 24.3 Å². The smallest absolute Gasteiger partial charge is 0.346 e. The first-order chi connectivity index (χ1) is 13.0. The predicted octanol–water partition coefficient (Wildman–Crippen LogP) is 3.23. The topological polar surface area (TPSA) is 65.1 Å². The summed E-state index contributed by atoms with van der Waals surface area (Å²) in [6.07, 6.45) is -0.163. The number of rotatable bonds is 5. The number of anilines is 1. The van der Waals surface area contributed by atoms with E-state index in [0.717, 1.165) is 17.7 Å². The number of benzene rings is 2. The summed E-state index contributed by atoms with van der Waals surface area (Å²) in [4.78, 5) is 27.4. The summed E-state index contributed by atoms with van der Waals surface area (Å²) in [7, 11) is 2.92. The fourth-order valence-corrected chi connectivity index (χ4v) is 3.42. The van der Waals surface area contributed by atoms with Gasteiger partial charge in [0.2, 0.25) is 0 Å². The average molecular weight is 369 g/mol. The fraction of sp³-hybridized carbons (Fsp3) is 0.333. The lowest BCUT2D eigenvalue weighted by atomic mass is 10.1. The van der Waals surface area contributed by atoms with E-state index in [4.69, 9.17) is 14.2 Å². The molecule has 6 nitrogen and oxygen atoms in total. The Kier molecular flexibility index (Phi) is 5.35. The van der Waals surface area contributed by atoms with E-state index >= 15 is 0 Å². The van der Waals surface area contributed by atoms with Crippen molar-refractivity contribution < 1.29 is 23.8 Å². The second-order valence-electron chi connectivity index (χ2n) is 6.48. The lowest BCUT2D eigenvalue weighted by molar-refractivity contribution is -0.126. The predicted molar refractivity (Wildman–Crippen MR) is 102 cm³/mol. The molecule has 0 aliphatic carbocycles. The molecule has 2 aromatic rings. The Labute approximate surface area is 158 Å².